The number of hydrogen-bond donors (Lipinski definition) is 2. The SMILES string of the molecule is COC(=O)C1C[C@@H](OC(=O)N2Cc3cccc(F)c3C2)CN1C(=O)[C@@H](NC(=O)[C@@H](NC(=O)c1cnccn1)C1CCCCC1)C(C)(C)C. The fourth-order valence-electron chi connectivity index (χ4n) is 6.76. The van der Waals surface area contributed by atoms with E-state index in [0.717, 1.165) is 32.1 Å². The Bertz CT molecular complexity index is 1530. The summed E-state index contributed by atoms with van der Waals surface area (Å²) < 4.78 is 25.0. The third-order valence-corrected chi connectivity index (χ3v) is 9.36. The zero-order chi connectivity index (χ0) is 34.6. The number of carbonyl (C=O) groups is 5. The molecule has 4 amide bonds. The molecule has 2 aliphatic heterocycles. The molecule has 4 atom stereocenters. The Morgan fingerprint density at radius 1 is 1.02 bits per heavy atom. The van der Waals surface area contributed by atoms with Crippen molar-refractivity contribution in [3.63, 3.8) is 0 Å². The molecule has 14 heteroatoms. The highest BCUT2D eigenvalue weighted by Gasteiger charge is 2.47. The van der Waals surface area contributed by atoms with Crippen molar-refractivity contribution < 1.29 is 37.8 Å². The minimum Gasteiger partial charge on any atom is -0.467 e. The predicted octanol–water partition coefficient (Wildman–Crippen LogP) is 3.12. The van der Waals surface area contributed by atoms with Crippen molar-refractivity contribution in [2.75, 3.05) is 13.7 Å². The van der Waals surface area contributed by atoms with E-state index >= 15 is 0 Å². The van der Waals surface area contributed by atoms with Crippen molar-refractivity contribution in [2.45, 2.75) is 96.6 Å². The van der Waals surface area contributed by atoms with Crippen molar-refractivity contribution in [3.05, 3.63) is 59.4 Å². The number of fused-ring (bicyclic) bond motifs is 1. The molecule has 1 saturated heterocycles. The van der Waals surface area contributed by atoms with Gasteiger partial charge in [-0.2, -0.15) is 0 Å². The lowest BCUT2D eigenvalue weighted by molar-refractivity contribution is -0.153. The van der Waals surface area contributed by atoms with Gasteiger partial charge >= 0.3 is 12.1 Å². The highest BCUT2D eigenvalue weighted by Crippen LogP contribution is 2.31. The highest BCUT2D eigenvalue weighted by atomic mass is 19.1. The van der Waals surface area contributed by atoms with Crippen molar-refractivity contribution in [1.82, 2.24) is 30.4 Å². The van der Waals surface area contributed by atoms with E-state index in [4.69, 9.17) is 9.47 Å². The first-order chi connectivity index (χ1) is 22.9. The summed E-state index contributed by atoms with van der Waals surface area (Å²) in [5.74, 6) is -2.87. The second-order valence-corrected chi connectivity index (χ2v) is 13.8. The smallest absolute Gasteiger partial charge is 0.410 e. The van der Waals surface area contributed by atoms with Crippen LogP contribution >= 0.6 is 0 Å². The van der Waals surface area contributed by atoms with Gasteiger partial charge in [0.1, 0.15) is 35.7 Å². The molecule has 1 aromatic heterocycles. The van der Waals surface area contributed by atoms with Crippen LogP contribution < -0.4 is 10.6 Å². The molecule has 1 saturated carbocycles. The molecule has 2 fully saturated rings. The van der Waals surface area contributed by atoms with Gasteiger partial charge < -0.3 is 25.0 Å². The summed E-state index contributed by atoms with van der Waals surface area (Å²) in [4.78, 5) is 78.1. The van der Waals surface area contributed by atoms with E-state index < -0.39 is 65.2 Å². The highest BCUT2D eigenvalue weighted by molar-refractivity contribution is 5.98. The molecule has 3 aliphatic rings. The molecule has 1 unspecified atom stereocenters. The van der Waals surface area contributed by atoms with Gasteiger partial charge in [0, 0.05) is 30.9 Å². The number of nitrogens with one attached hydrogen (secondary N) is 2. The lowest BCUT2D eigenvalue weighted by atomic mass is 9.82. The van der Waals surface area contributed by atoms with Crippen molar-refractivity contribution >= 4 is 29.8 Å². The van der Waals surface area contributed by atoms with Crippen LogP contribution in [-0.2, 0) is 36.9 Å². The standard InChI is InChI=1S/C34H43FN6O7/c1-34(2,3)28(39-30(43)27(20-9-6-5-7-10-20)38-29(42)25-16-36-13-14-37-25)31(44)41-18-22(15-26(41)32(45)47-4)48-33(46)40-17-21-11-8-12-24(35)23(21)19-40/h8,11-14,16,20,22,26-28H,5-7,9-10,15,17-19H2,1-4H3,(H,38,42)(H,39,43)/t22-,26?,27+,28-/m1/s1. The van der Waals surface area contributed by atoms with E-state index in [2.05, 4.69) is 20.6 Å². The molecule has 1 aromatic carbocycles. The third-order valence-electron chi connectivity index (χ3n) is 9.36. The van der Waals surface area contributed by atoms with Crippen LogP contribution in [-0.4, -0.2) is 87.4 Å². The summed E-state index contributed by atoms with van der Waals surface area (Å²) >= 11 is 0. The Labute approximate surface area is 278 Å². The Balaban J connectivity index is 1.32. The first-order valence-corrected chi connectivity index (χ1v) is 16.3. The van der Waals surface area contributed by atoms with Crippen molar-refractivity contribution in [3.8, 4) is 0 Å². The maximum Gasteiger partial charge on any atom is 0.410 e. The monoisotopic (exact) mass is 666 g/mol. The molecule has 1 aliphatic carbocycles. The number of halogens is 1. The molecule has 0 bridgehead atoms. The number of carbonyl (C=O) groups excluding carboxylic acids is 5. The normalized spacial score (nSPS) is 20.8. The number of aromatic nitrogens is 2. The minimum absolute atomic E-state index is 0.0109. The lowest BCUT2D eigenvalue weighted by Crippen LogP contribution is -2.61. The number of ether oxygens (including phenoxy) is 2. The molecule has 2 N–H and O–H groups in total. The molecule has 5 rings (SSSR count). The van der Waals surface area contributed by atoms with Crippen LogP contribution in [0.5, 0.6) is 0 Å². The van der Waals surface area contributed by atoms with Gasteiger partial charge in [0.25, 0.3) is 5.91 Å². The fourth-order valence-corrected chi connectivity index (χ4v) is 6.76. The van der Waals surface area contributed by atoms with Gasteiger partial charge in [-0.3, -0.25) is 24.3 Å². The number of methoxy groups -OCH3 is 1. The van der Waals surface area contributed by atoms with E-state index in [9.17, 15) is 28.4 Å². The van der Waals surface area contributed by atoms with E-state index in [1.54, 1.807) is 32.9 Å². The number of benzene rings is 1. The van der Waals surface area contributed by atoms with Gasteiger partial charge in [-0.15, -0.1) is 0 Å². The summed E-state index contributed by atoms with van der Waals surface area (Å²) in [5, 5.41) is 5.73. The van der Waals surface area contributed by atoms with E-state index in [0.29, 0.717) is 11.1 Å². The zero-order valence-corrected chi connectivity index (χ0v) is 27.7. The van der Waals surface area contributed by atoms with Gasteiger partial charge in [0.05, 0.1) is 26.4 Å². The molecule has 0 radical (unpaired) electrons. The van der Waals surface area contributed by atoms with Crippen LogP contribution in [0.1, 0.15) is 80.9 Å². The van der Waals surface area contributed by atoms with Gasteiger partial charge in [-0.05, 0) is 35.8 Å². The van der Waals surface area contributed by atoms with Gasteiger partial charge in [0.2, 0.25) is 11.8 Å². The Hall–Kier alpha value is -4.62. The van der Waals surface area contributed by atoms with E-state index in [1.807, 2.05) is 0 Å². The maximum absolute atomic E-state index is 14.3. The number of amides is 4. The van der Waals surface area contributed by atoms with Gasteiger partial charge in [0.15, 0.2) is 0 Å². The van der Waals surface area contributed by atoms with Crippen LogP contribution in [0.15, 0.2) is 36.8 Å². The van der Waals surface area contributed by atoms with Crippen LogP contribution in [0.3, 0.4) is 0 Å². The quantitative estimate of drug-likeness (QED) is 0.404. The average molecular weight is 667 g/mol. The molecule has 48 heavy (non-hydrogen) atoms. The second kappa shape index (κ2) is 14.7. The van der Waals surface area contributed by atoms with Crippen molar-refractivity contribution in [2.24, 2.45) is 11.3 Å². The Morgan fingerprint density at radius 2 is 1.77 bits per heavy atom. The fraction of sp³-hybridized carbons (Fsp3) is 0.559. The molecule has 13 nitrogen and oxygen atoms in total. The van der Waals surface area contributed by atoms with Crippen LogP contribution in [0.25, 0.3) is 0 Å². The Kier molecular flexibility index (Phi) is 10.6. The first-order valence-electron chi connectivity index (χ1n) is 16.3. The predicted molar refractivity (Wildman–Crippen MR) is 169 cm³/mol. The summed E-state index contributed by atoms with van der Waals surface area (Å²) in [6, 6.07) is 1.55. The molecular formula is C34H43FN6O7. The molecule has 0 spiro atoms. The van der Waals surface area contributed by atoms with Gasteiger partial charge in [-0.25, -0.2) is 19.0 Å². The Morgan fingerprint density at radius 3 is 2.42 bits per heavy atom. The average Bonchev–Trinajstić information content (AvgIpc) is 3.71. The third kappa shape index (κ3) is 7.74. The zero-order valence-electron chi connectivity index (χ0n) is 27.7. The second-order valence-electron chi connectivity index (χ2n) is 13.8. The minimum atomic E-state index is -1.11. The van der Waals surface area contributed by atoms with Gasteiger partial charge in [-0.1, -0.05) is 52.2 Å². The molecule has 2 aromatic rings. The van der Waals surface area contributed by atoms with Crippen LogP contribution in [0.4, 0.5) is 9.18 Å². The topological polar surface area (TPSA) is 160 Å². The lowest BCUT2D eigenvalue weighted by Gasteiger charge is -2.37. The summed E-state index contributed by atoms with van der Waals surface area (Å²) in [5.41, 5.74) is 0.356. The summed E-state index contributed by atoms with van der Waals surface area (Å²) in [6.07, 6.45) is 6.90. The van der Waals surface area contributed by atoms with E-state index in [1.165, 1.54) is 41.6 Å². The first kappa shape index (κ1) is 34.7. The number of nitrogens with zero attached hydrogens (tertiary/aromatic N) is 4. The number of likely N-dealkylation sites (tertiary alicyclic amines) is 1. The largest absolute Gasteiger partial charge is 0.467 e. The number of rotatable bonds is 8. The van der Waals surface area contributed by atoms with Crippen LogP contribution in [0, 0.1) is 17.2 Å². The maximum atomic E-state index is 14.3. The molecule has 3 heterocycles. The summed E-state index contributed by atoms with van der Waals surface area (Å²) in [7, 11) is 1.21. The molecular weight excluding hydrogens is 623 g/mol. The van der Waals surface area contributed by atoms with E-state index in [-0.39, 0.29) is 37.7 Å². The van der Waals surface area contributed by atoms with Crippen LogP contribution in [0.2, 0.25) is 0 Å². The number of hydrogen-bond acceptors (Lipinski definition) is 9. The number of esters is 1. The van der Waals surface area contributed by atoms with Crippen molar-refractivity contribution in [1.29, 1.82) is 0 Å². The molecule has 258 valence electrons. The summed E-state index contributed by atoms with van der Waals surface area (Å²) in [6.45, 7) is 5.47.